The van der Waals surface area contributed by atoms with Gasteiger partial charge in [0.1, 0.15) is 0 Å². The van der Waals surface area contributed by atoms with Crippen molar-refractivity contribution in [2.75, 3.05) is 36.4 Å². The zero-order valence-corrected chi connectivity index (χ0v) is 16.8. The van der Waals surface area contributed by atoms with Crippen LogP contribution in [-0.2, 0) is 0 Å². The van der Waals surface area contributed by atoms with E-state index in [2.05, 4.69) is 42.7 Å². The summed E-state index contributed by atoms with van der Waals surface area (Å²) in [6, 6.07) is 17.4. The van der Waals surface area contributed by atoms with Crippen molar-refractivity contribution in [2.24, 2.45) is 5.73 Å². The standard InChI is InChI=1S/C22H22N8O/c23-21(31)20-17-6-1-2-7-18(17)30(28-20)19-8-9-25-22(27-19)26-15-4-3-5-16(14-15)29-12-10-24-11-13-29/h1-9,14,24H,10-13H2,(H2,23,31)(H,25,26,27). The Morgan fingerprint density at radius 1 is 1.06 bits per heavy atom. The second-order valence-corrected chi connectivity index (χ2v) is 7.29. The maximum Gasteiger partial charge on any atom is 0.269 e. The van der Waals surface area contributed by atoms with Gasteiger partial charge in [-0.3, -0.25) is 4.79 Å². The Balaban J connectivity index is 1.46. The lowest BCUT2D eigenvalue weighted by Gasteiger charge is -2.29. The molecule has 2 aromatic carbocycles. The van der Waals surface area contributed by atoms with Crippen molar-refractivity contribution in [2.45, 2.75) is 0 Å². The number of amides is 1. The maximum atomic E-state index is 11.8. The van der Waals surface area contributed by atoms with Crippen molar-refractivity contribution in [3.05, 3.63) is 66.5 Å². The third-order valence-corrected chi connectivity index (χ3v) is 5.26. The third-order valence-electron chi connectivity index (χ3n) is 5.26. The largest absolute Gasteiger partial charge is 0.369 e. The predicted molar refractivity (Wildman–Crippen MR) is 120 cm³/mol. The average Bonchev–Trinajstić information content (AvgIpc) is 3.20. The SMILES string of the molecule is NC(=O)c1nn(-c2ccnc(Nc3cccc(N4CCNCC4)c3)n2)c2ccccc12. The van der Waals surface area contributed by atoms with Gasteiger partial charge in [-0.25, -0.2) is 9.67 Å². The molecule has 0 unspecified atom stereocenters. The third kappa shape index (κ3) is 3.78. The number of rotatable bonds is 5. The molecule has 0 spiro atoms. The Kier molecular flexibility index (Phi) is 4.93. The number of fused-ring (bicyclic) bond motifs is 1. The molecule has 1 aliphatic heterocycles. The molecule has 0 radical (unpaired) electrons. The monoisotopic (exact) mass is 414 g/mol. The van der Waals surface area contributed by atoms with Gasteiger partial charge in [-0.05, 0) is 24.3 Å². The summed E-state index contributed by atoms with van der Waals surface area (Å²) in [5.41, 5.74) is 8.54. The first-order valence-corrected chi connectivity index (χ1v) is 10.1. The Bertz CT molecular complexity index is 1250. The first kappa shape index (κ1) is 19.0. The van der Waals surface area contributed by atoms with Crippen LogP contribution in [0.15, 0.2) is 60.8 Å². The zero-order chi connectivity index (χ0) is 21.2. The Morgan fingerprint density at radius 3 is 2.74 bits per heavy atom. The fourth-order valence-electron chi connectivity index (χ4n) is 3.78. The van der Waals surface area contributed by atoms with Gasteiger partial charge in [0.25, 0.3) is 5.91 Å². The molecule has 9 heteroatoms. The second-order valence-electron chi connectivity index (χ2n) is 7.29. The maximum absolute atomic E-state index is 11.8. The minimum absolute atomic E-state index is 0.215. The lowest BCUT2D eigenvalue weighted by Crippen LogP contribution is -2.43. The Hall–Kier alpha value is -3.98. The molecule has 9 nitrogen and oxygen atoms in total. The fourth-order valence-corrected chi connectivity index (χ4v) is 3.78. The van der Waals surface area contributed by atoms with Crippen LogP contribution in [-0.4, -0.2) is 51.8 Å². The normalized spacial score (nSPS) is 14.0. The van der Waals surface area contributed by atoms with Crippen LogP contribution in [0.2, 0.25) is 0 Å². The van der Waals surface area contributed by atoms with Gasteiger partial charge in [0, 0.05) is 55.2 Å². The van der Waals surface area contributed by atoms with Gasteiger partial charge in [0.15, 0.2) is 11.5 Å². The van der Waals surface area contributed by atoms with Gasteiger partial charge in [-0.2, -0.15) is 10.1 Å². The molecule has 1 fully saturated rings. The van der Waals surface area contributed by atoms with Crippen LogP contribution in [0.1, 0.15) is 10.5 Å². The molecule has 5 rings (SSSR count). The number of hydrogen-bond acceptors (Lipinski definition) is 7. The minimum atomic E-state index is -0.577. The van der Waals surface area contributed by atoms with E-state index in [1.807, 2.05) is 36.4 Å². The van der Waals surface area contributed by atoms with Gasteiger partial charge in [0.05, 0.1) is 5.52 Å². The number of carbonyl (C=O) groups excluding carboxylic acids is 1. The van der Waals surface area contributed by atoms with E-state index in [4.69, 9.17) is 5.73 Å². The number of para-hydroxylation sites is 1. The summed E-state index contributed by atoms with van der Waals surface area (Å²) in [5.74, 6) is 0.404. The Morgan fingerprint density at radius 2 is 1.90 bits per heavy atom. The van der Waals surface area contributed by atoms with E-state index in [-0.39, 0.29) is 5.69 Å². The highest BCUT2D eigenvalue weighted by Crippen LogP contribution is 2.24. The van der Waals surface area contributed by atoms with Crippen LogP contribution in [0.4, 0.5) is 17.3 Å². The van der Waals surface area contributed by atoms with Crippen molar-refractivity contribution >= 4 is 34.1 Å². The number of primary amides is 1. The molecular formula is C22H22N8O. The van der Waals surface area contributed by atoms with Crippen molar-refractivity contribution in [1.29, 1.82) is 0 Å². The highest BCUT2D eigenvalue weighted by Gasteiger charge is 2.16. The summed E-state index contributed by atoms with van der Waals surface area (Å²) in [7, 11) is 0. The molecule has 2 aromatic heterocycles. The van der Waals surface area contributed by atoms with Gasteiger partial charge >= 0.3 is 0 Å². The summed E-state index contributed by atoms with van der Waals surface area (Å²) in [4.78, 5) is 23.1. The van der Waals surface area contributed by atoms with E-state index >= 15 is 0 Å². The van der Waals surface area contributed by atoms with E-state index in [0.717, 1.165) is 43.1 Å². The summed E-state index contributed by atoms with van der Waals surface area (Å²) < 4.78 is 1.61. The summed E-state index contributed by atoms with van der Waals surface area (Å²) >= 11 is 0. The van der Waals surface area contributed by atoms with Crippen molar-refractivity contribution in [3.63, 3.8) is 0 Å². The average molecular weight is 414 g/mol. The minimum Gasteiger partial charge on any atom is -0.369 e. The summed E-state index contributed by atoms with van der Waals surface area (Å²) in [6.07, 6.45) is 1.66. The first-order chi connectivity index (χ1) is 15.2. The van der Waals surface area contributed by atoms with E-state index in [0.29, 0.717) is 17.2 Å². The van der Waals surface area contributed by atoms with Crippen molar-refractivity contribution in [1.82, 2.24) is 25.1 Å². The number of nitrogens with one attached hydrogen (secondary N) is 2. The molecule has 156 valence electrons. The lowest BCUT2D eigenvalue weighted by molar-refractivity contribution is 0.0996. The molecule has 1 saturated heterocycles. The molecule has 0 saturated carbocycles. The van der Waals surface area contributed by atoms with Crippen LogP contribution in [0, 0.1) is 0 Å². The zero-order valence-electron chi connectivity index (χ0n) is 16.8. The number of piperazine rings is 1. The van der Waals surface area contributed by atoms with Crippen molar-refractivity contribution in [3.8, 4) is 5.82 Å². The number of benzene rings is 2. The molecule has 4 N–H and O–H groups in total. The number of nitrogens with zero attached hydrogens (tertiary/aromatic N) is 5. The van der Waals surface area contributed by atoms with Gasteiger partial charge in [-0.1, -0.05) is 24.3 Å². The highest BCUT2D eigenvalue weighted by atomic mass is 16.1. The molecule has 0 atom stereocenters. The van der Waals surface area contributed by atoms with Crippen LogP contribution in [0.25, 0.3) is 16.7 Å². The van der Waals surface area contributed by atoms with Crippen LogP contribution >= 0.6 is 0 Å². The summed E-state index contributed by atoms with van der Waals surface area (Å²) in [6.45, 7) is 3.91. The molecule has 3 heterocycles. The van der Waals surface area contributed by atoms with E-state index < -0.39 is 5.91 Å². The molecule has 0 aliphatic carbocycles. The van der Waals surface area contributed by atoms with Gasteiger partial charge in [0.2, 0.25) is 5.95 Å². The second kappa shape index (κ2) is 8.04. The summed E-state index contributed by atoms with van der Waals surface area (Å²) in [5, 5.41) is 11.7. The topological polar surface area (TPSA) is 114 Å². The molecule has 1 aliphatic rings. The molecule has 31 heavy (non-hydrogen) atoms. The quantitative estimate of drug-likeness (QED) is 0.458. The number of carbonyl (C=O) groups is 1. The Labute approximate surface area is 178 Å². The fraction of sp³-hybridized carbons (Fsp3) is 0.182. The molecular weight excluding hydrogens is 392 g/mol. The van der Waals surface area contributed by atoms with Gasteiger partial charge in [-0.15, -0.1) is 0 Å². The van der Waals surface area contributed by atoms with E-state index in [1.165, 1.54) is 0 Å². The van der Waals surface area contributed by atoms with Gasteiger partial charge < -0.3 is 21.3 Å². The van der Waals surface area contributed by atoms with E-state index in [9.17, 15) is 4.79 Å². The number of hydrogen-bond donors (Lipinski definition) is 3. The lowest BCUT2D eigenvalue weighted by atomic mass is 10.2. The highest BCUT2D eigenvalue weighted by molar-refractivity contribution is 6.04. The van der Waals surface area contributed by atoms with Crippen LogP contribution in [0.3, 0.4) is 0 Å². The smallest absolute Gasteiger partial charge is 0.269 e. The molecule has 4 aromatic rings. The number of nitrogens with two attached hydrogens (primary N) is 1. The number of aromatic nitrogens is 4. The van der Waals surface area contributed by atoms with E-state index in [1.54, 1.807) is 16.9 Å². The predicted octanol–water partition coefficient (Wildman–Crippen LogP) is 2.07. The van der Waals surface area contributed by atoms with Crippen molar-refractivity contribution < 1.29 is 4.79 Å². The van der Waals surface area contributed by atoms with Crippen LogP contribution in [0.5, 0.6) is 0 Å². The first-order valence-electron chi connectivity index (χ1n) is 10.1. The molecule has 0 bridgehead atoms. The molecule has 1 amide bonds. The van der Waals surface area contributed by atoms with Crippen LogP contribution < -0.4 is 21.3 Å². The number of anilines is 3.